The summed E-state index contributed by atoms with van der Waals surface area (Å²) in [6.07, 6.45) is 4.59. The molecule has 0 aliphatic rings. The molecule has 4 N–H and O–H groups in total. The molecule has 0 heterocycles. The van der Waals surface area contributed by atoms with Gasteiger partial charge in [-0.1, -0.05) is 24.3 Å². The van der Waals surface area contributed by atoms with Gasteiger partial charge in [0.2, 0.25) is 0 Å². The molecule has 14 heavy (non-hydrogen) atoms. The van der Waals surface area contributed by atoms with Gasteiger partial charge in [-0.15, -0.1) is 0 Å². The van der Waals surface area contributed by atoms with E-state index in [4.69, 9.17) is 11.5 Å². The molecule has 0 aliphatic heterocycles. The molecule has 0 saturated heterocycles. The van der Waals surface area contributed by atoms with Gasteiger partial charge in [-0.25, -0.2) is 4.39 Å². The summed E-state index contributed by atoms with van der Waals surface area (Å²) in [5.41, 5.74) is 12.1. The number of benzene rings is 1. The molecule has 0 amide bonds. The van der Waals surface area contributed by atoms with Gasteiger partial charge in [-0.3, -0.25) is 0 Å². The smallest absolute Gasteiger partial charge is 0.128 e. The van der Waals surface area contributed by atoms with Crippen LogP contribution >= 0.6 is 0 Å². The van der Waals surface area contributed by atoms with Crippen molar-refractivity contribution < 1.29 is 4.39 Å². The van der Waals surface area contributed by atoms with Gasteiger partial charge in [0.1, 0.15) is 5.82 Å². The Kier molecular flexibility index (Phi) is 4.29. The normalized spacial score (nSPS) is 11.1. The highest BCUT2D eigenvalue weighted by Crippen LogP contribution is 2.11. The minimum absolute atomic E-state index is 0.235. The van der Waals surface area contributed by atoms with Crippen molar-refractivity contribution in [3.63, 3.8) is 0 Å². The van der Waals surface area contributed by atoms with Crippen LogP contribution in [0.5, 0.6) is 0 Å². The Labute approximate surface area is 83.4 Å². The molecule has 76 valence electrons. The lowest BCUT2D eigenvalue weighted by atomic mass is 10.1. The van der Waals surface area contributed by atoms with Gasteiger partial charge in [0.15, 0.2) is 0 Å². The molecule has 0 atom stereocenters. The molecule has 3 heteroatoms. The third-order valence-corrected chi connectivity index (χ3v) is 1.94. The van der Waals surface area contributed by atoms with Crippen molar-refractivity contribution in [1.82, 2.24) is 0 Å². The second-order valence-electron chi connectivity index (χ2n) is 3.03. The Morgan fingerprint density at radius 2 is 2.07 bits per heavy atom. The van der Waals surface area contributed by atoms with Crippen LogP contribution < -0.4 is 11.5 Å². The van der Waals surface area contributed by atoms with Crippen molar-refractivity contribution in [3.8, 4) is 0 Å². The average Bonchev–Trinajstić information content (AvgIpc) is 2.18. The molecule has 0 radical (unpaired) electrons. The SMILES string of the molecule is NCCC=Cc1ccc(CN)c(F)c1. The highest BCUT2D eigenvalue weighted by Gasteiger charge is 1.99. The topological polar surface area (TPSA) is 52.0 Å². The van der Waals surface area contributed by atoms with E-state index < -0.39 is 0 Å². The van der Waals surface area contributed by atoms with Crippen LogP contribution in [-0.2, 0) is 6.54 Å². The van der Waals surface area contributed by atoms with E-state index in [1.54, 1.807) is 6.07 Å². The van der Waals surface area contributed by atoms with Gasteiger partial charge in [0.05, 0.1) is 0 Å². The summed E-state index contributed by atoms with van der Waals surface area (Å²) in [5.74, 6) is -0.248. The second-order valence-corrected chi connectivity index (χ2v) is 3.03. The van der Waals surface area contributed by atoms with Crippen LogP contribution in [0.3, 0.4) is 0 Å². The number of hydrogen-bond acceptors (Lipinski definition) is 2. The van der Waals surface area contributed by atoms with Crippen LogP contribution in [0.25, 0.3) is 6.08 Å². The first-order valence-electron chi connectivity index (χ1n) is 4.63. The average molecular weight is 194 g/mol. The predicted molar refractivity (Wildman–Crippen MR) is 57.0 cm³/mol. The lowest BCUT2D eigenvalue weighted by Gasteiger charge is -2.00. The zero-order chi connectivity index (χ0) is 10.4. The van der Waals surface area contributed by atoms with Crippen LogP contribution in [0.15, 0.2) is 24.3 Å². The van der Waals surface area contributed by atoms with E-state index in [9.17, 15) is 4.39 Å². The molecular weight excluding hydrogens is 179 g/mol. The quantitative estimate of drug-likeness (QED) is 0.765. The molecule has 0 saturated carbocycles. The maximum Gasteiger partial charge on any atom is 0.128 e. The molecular formula is C11H15FN2. The Hall–Kier alpha value is -1.19. The highest BCUT2D eigenvalue weighted by molar-refractivity contribution is 5.49. The van der Waals surface area contributed by atoms with Crippen LogP contribution in [0.1, 0.15) is 17.5 Å². The summed E-state index contributed by atoms with van der Waals surface area (Å²) in [5, 5.41) is 0. The van der Waals surface area contributed by atoms with Crippen LogP contribution in [0.4, 0.5) is 4.39 Å². The lowest BCUT2D eigenvalue weighted by molar-refractivity contribution is 0.610. The minimum atomic E-state index is -0.248. The molecule has 0 fully saturated rings. The Bertz CT molecular complexity index is 321. The van der Waals surface area contributed by atoms with E-state index in [-0.39, 0.29) is 12.4 Å². The van der Waals surface area contributed by atoms with E-state index in [1.807, 2.05) is 18.2 Å². The van der Waals surface area contributed by atoms with Gasteiger partial charge in [-0.05, 0) is 24.6 Å². The predicted octanol–water partition coefficient (Wildman–Crippen LogP) is 1.65. The minimum Gasteiger partial charge on any atom is -0.330 e. The van der Waals surface area contributed by atoms with E-state index in [0.717, 1.165) is 12.0 Å². The molecule has 0 unspecified atom stereocenters. The summed E-state index contributed by atoms with van der Waals surface area (Å²) < 4.78 is 13.2. The second kappa shape index (κ2) is 5.52. The van der Waals surface area contributed by atoms with Gasteiger partial charge in [0.25, 0.3) is 0 Å². The first-order chi connectivity index (χ1) is 6.77. The molecule has 0 bridgehead atoms. The summed E-state index contributed by atoms with van der Waals surface area (Å²) in [6.45, 7) is 0.846. The van der Waals surface area contributed by atoms with E-state index in [1.165, 1.54) is 6.07 Å². The molecule has 0 spiro atoms. The number of hydrogen-bond donors (Lipinski definition) is 2. The third-order valence-electron chi connectivity index (χ3n) is 1.94. The largest absolute Gasteiger partial charge is 0.330 e. The highest BCUT2D eigenvalue weighted by atomic mass is 19.1. The van der Waals surface area contributed by atoms with Crippen molar-refractivity contribution in [1.29, 1.82) is 0 Å². The van der Waals surface area contributed by atoms with Crippen LogP contribution in [0.2, 0.25) is 0 Å². The first-order valence-corrected chi connectivity index (χ1v) is 4.63. The Balaban J connectivity index is 2.76. The monoisotopic (exact) mass is 194 g/mol. The maximum absolute atomic E-state index is 13.2. The standard InChI is InChI=1S/C11H15FN2/c12-11-7-9(3-1-2-6-13)4-5-10(11)8-14/h1,3-5,7H,2,6,8,13-14H2. The summed E-state index contributed by atoms with van der Waals surface area (Å²) >= 11 is 0. The van der Waals surface area contributed by atoms with Crippen molar-refractivity contribution >= 4 is 6.08 Å². The van der Waals surface area contributed by atoms with Gasteiger partial charge in [-0.2, -0.15) is 0 Å². The maximum atomic E-state index is 13.2. The molecule has 1 rings (SSSR count). The first kappa shape index (κ1) is 10.9. The Morgan fingerprint density at radius 1 is 1.29 bits per heavy atom. The molecule has 2 nitrogen and oxygen atoms in total. The van der Waals surface area contributed by atoms with Gasteiger partial charge >= 0.3 is 0 Å². The molecule has 1 aromatic rings. The van der Waals surface area contributed by atoms with Crippen molar-refractivity contribution in [2.24, 2.45) is 11.5 Å². The number of nitrogens with two attached hydrogens (primary N) is 2. The van der Waals surface area contributed by atoms with Crippen LogP contribution in [0, 0.1) is 5.82 Å². The zero-order valence-electron chi connectivity index (χ0n) is 8.04. The fourth-order valence-electron chi connectivity index (χ4n) is 1.15. The third kappa shape index (κ3) is 2.94. The summed E-state index contributed by atoms with van der Waals surface area (Å²) in [4.78, 5) is 0. The van der Waals surface area contributed by atoms with Crippen molar-refractivity contribution in [3.05, 3.63) is 41.2 Å². The van der Waals surface area contributed by atoms with E-state index in [2.05, 4.69) is 0 Å². The van der Waals surface area contributed by atoms with Crippen molar-refractivity contribution in [2.75, 3.05) is 6.54 Å². The lowest BCUT2D eigenvalue weighted by Crippen LogP contribution is -1.99. The summed E-state index contributed by atoms with van der Waals surface area (Å²) in [7, 11) is 0. The molecule has 0 aliphatic carbocycles. The fraction of sp³-hybridized carbons (Fsp3) is 0.273. The van der Waals surface area contributed by atoms with E-state index >= 15 is 0 Å². The number of halogens is 1. The molecule has 1 aromatic carbocycles. The zero-order valence-corrected chi connectivity index (χ0v) is 8.04. The van der Waals surface area contributed by atoms with Gasteiger partial charge < -0.3 is 11.5 Å². The molecule has 0 aromatic heterocycles. The van der Waals surface area contributed by atoms with Crippen molar-refractivity contribution in [2.45, 2.75) is 13.0 Å². The fourth-order valence-corrected chi connectivity index (χ4v) is 1.15. The summed E-state index contributed by atoms with van der Waals surface area (Å²) in [6, 6.07) is 5.03. The Morgan fingerprint density at radius 3 is 2.64 bits per heavy atom. The number of rotatable bonds is 4. The van der Waals surface area contributed by atoms with Crippen LogP contribution in [-0.4, -0.2) is 6.54 Å². The van der Waals surface area contributed by atoms with E-state index in [0.29, 0.717) is 12.1 Å². The van der Waals surface area contributed by atoms with Gasteiger partial charge in [0, 0.05) is 12.1 Å².